The molecular formula is C17H32N2O3. The molecule has 0 aliphatic carbocycles. The van der Waals surface area contributed by atoms with Gasteiger partial charge >= 0.3 is 5.97 Å². The third kappa shape index (κ3) is 10.4. The average molecular weight is 312 g/mol. The van der Waals surface area contributed by atoms with Gasteiger partial charge in [0.05, 0.1) is 0 Å². The minimum absolute atomic E-state index is 0.280. The molecular weight excluding hydrogens is 280 g/mol. The normalized spacial score (nSPS) is 11.8. The number of hydrazine groups is 1. The molecule has 1 atom stereocenters. The molecule has 0 aromatic heterocycles. The number of nitrogens with two attached hydrogens (primary N) is 1. The molecule has 0 radical (unpaired) electrons. The average Bonchev–Trinajstić information content (AvgIpc) is 2.50. The van der Waals surface area contributed by atoms with Crippen LogP contribution < -0.4 is 11.3 Å². The van der Waals surface area contributed by atoms with E-state index in [0.29, 0.717) is 6.42 Å². The molecule has 0 aromatic rings. The standard InChI is InChI=1S/C17H32N2O3/c1-4-5-6-7-8-9-10-11-12-13-15(16(20)19-18)22-17(21)14(2)3/h15H,2,4-13,18H2,1,3H3,(H,19,20). The molecule has 0 heterocycles. The highest BCUT2D eigenvalue weighted by molar-refractivity contribution is 5.90. The lowest BCUT2D eigenvalue weighted by Gasteiger charge is -2.16. The molecule has 0 bridgehead atoms. The van der Waals surface area contributed by atoms with Crippen molar-refractivity contribution in [3.05, 3.63) is 12.2 Å². The van der Waals surface area contributed by atoms with Gasteiger partial charge < -0.3 is 4.74 Å². The lowest BCUT2D eigenvalue weighted by Crippen LogP contribution is -2.41. The van der Waals surface area contributed by atoms with Gasteiger partial charge in [0.25, 0.3) is 5.91 Å². The summed E-state index contributed by atoms with van der Waals surface area (Å²) in [7, 11) is 0. The fraction of sp³-hybridized carbons (Fsp3) is 0.765. The van der Waals surface area contributed by atoms with E-state index in [9.17, 15) is 9.59 Å². The van der Waals surface area contributed by atoms with E-state index in [1.807, 2.05) is 5.43 Å². The van der Waals surface area contributed by atoms with E-state index < -0.39 is 18.0 Å². The van der Waals surface area contributed by atoms with Crippen LogP contribution in [-0.4, -0.2) is 18.0 Å². The number of esters is 1. The zero-order valence-corrected chi connectivity index (χ0v) is 14.2. The van der Waals surface area contributed by atoms with E-state index in [0.717, 1.165) is 19.3 Å². The Morgan fingerprint density at radius 1 is 1.05 bits per heavy atom. The Bertz CT molecular complexity index is 343. The maximum Gasteiger partial charge on any atom is 0.333 e. The second-order valence-electron chi connectivity index (χ2n) is 5.80. The van der Waals surface area contributed by atoms with Crippen LogP contribution in [0.1, 0.15) is 78.1 Å². The van der Waals surface area contributed by atoms with Crippen LogP contribution >= 0.6 is 0 Å². The summed E-state index contributed by atoms with van der Waals surface area (Å²) in [5.74, 6) is 4.11. The molecule has 0 aliphatic heterocycles. The number of nitrogens with one attached hydrogen (secondary N) is 1. The summed E-state index contributed by atoms with van der Waals surface area (Å²) in [6.45, 7) is 7.28. The lowest BCUT2D eigenvalue weighted by atomic mass is 10.0. The summed E-state index contributed by atoms with van der Waals surface area (Å²) in [6, 6.07) is 0. The van der Waals surface area contributed by atoms with Crippen LogP contribution in [0, 0.1) is 0 Å². The van der Waals surface area contributed by atoms with Crippen LogP contribution in [0.5, 0.6) is 0 Å². The van der Waals surface area contributed by atoms with Gasteiger partial charge in [-0.3, -0.25) is 10.2 Å². The van der Waals surface area contributed by atoms with Crippen LogP contribution in [-0.2, 0) is 14.3 Å². The number of carbonyl (C=O) groups is 2. The van der Waals surface area contributed by atoms with Crippen LogP contribution in [0.15, 0.2) is 12.2 Å². The molecule has 0 rings (SSSR count). The Labute approximate surface area is 134 Å². The van der Waals surface area contributed by atoms with Crippen molar-refractivity contribution in [2.24, 2.45) is 5.84 Å². The van der Waals surface area contributed by atoms with Crippen molar-refractivity contribution in [3.8, 4) is 0 Å². The number of carbonyl (C=O) groups excluding carboxylic acids is 2. The number of amides is 1. The first-order valence-corrected chi connectivity index (χ1v) is 8.39. The van der Waals surface area contributed by atoms with Gasteiger partial charge in [-0.1, -0.05) is 64.9 Å². The topological polar surface area (TPSA) is 81.4 Å². The second-order valence-corrected chi connectivity index (χ2v) is 5.80. The monoisotopic (exact) mass is 312 g/mol. The first-order chi connectivity index (χ1) is 10.5. The summed E-state index contributed by atoms with van der Waals surface area (Å²) in [4.78, 5) is 23.1. The van der Waals surface area contributed by atoms with Crippen LogP contribution in [0.3, 0.4) is 0 Å². The van der Waals surface area contributed by atoms with Gasteiger partial charge in [-0.15, -0.1) is 0 Å². The maximum absolute atomic E-state index is 11.6. The fourth-order valence-electron chi connectivity index (χ4n) is 2.21. The molecule has 1 amide bonds. The van der Waals surface area contributed by atoms with Gasteiger partial charge in [0.15, 0.2) is 6.10 Å². The van der Waals surface area contributed by atoms with Gasteiger partial charge in [-0.25, -0.2) is 10.6 Å². The Hall–Kier alpha value is -1.36. The van der Waals surface area contributed by atoms with Crippen molar-refractivity contribution in [2.75, 3.05) is 0 Å². The molecule has 0 aliphatic rings. The molecule has 5 heteroatoms. The molecule has 0 saturated carbocycles. The summed E-state index contributed by atoms with van der Waals surface area (Å²) >= 11 is 0. The number of hydrogen-bond acceptors (Lipinski definition) is 4. The van der Waals surface area contributed by atoms with E-state index in [2.05, 4.69) is 13.5 Å². The highest BCUT2D eigenvalue weighted by Crippen LogP contribution is 2.13. The van der Waals surface area contributed by atoms with Gasteiger partial charge in [0.2, 0.25) is 0 Å². The highest BCUT2D eigenvalue weighted by Gasteiger charge is 2.21. The summed E-state index contributed by atoms with van der Waals surface area (Å²) in [5, 5.41) is 0. The first-order valence-electron chi connectivity index (χ1n) is 8.39. The number of unbranched alkanes of at least 4 members (excludes halogenated alkanes) is 8. The zero-order valence-electron chi connectivity index (χ0n) is 14.2. The van der Waals surface area contributed by atoms with E-state index in [1.165, 1.54) is 38.5 Å². The number of hydrogen-bond donors (Lipinski definition) is 2. The van der Waals surface area contributed by atoms with Crippen molar-refractivity contribution >= 4 is 11.9 Å². The fourth-order valence-corrected chi connectivity index (χ4v) is 2.21. The smallest absolute Gasteiger partial charge is 0.333 e. The summed E-state index contributed by atoms with van der Waals surface area (Å²) < 4.78 is 5.11. The van der Waals surface area contributed by atoms with E-state index in [-0.39, 0.29) is 5.57 Å². The van der Waals surface area contributed by atoms with Crippen LogP contribution in [0.25, 0.3) is 0 Å². The predicted molar refractivity (Wildman–Crippen MR) is 88.9 cm³/mol. The zero-order chi connectivity index (χ0) is 16.8. The van der Waals surface area contributed by atoms with Gasteiger partial charge in [-0.05, 0) is 19.8 Å². The van der Waals surface area contributed by atoms with Crippen molar-refractivity contribution in [2.45, 2.75) is 84.2 Å². The maximum atomic E-state index is 11.6. The third-order valence-corrected chi connectivity index (χ3v) is 3.60. The quantitative estimate of drug-likeness (QED) is 0.136. The van der Waals surface area contributed by atoms with E-state index >= 15 is 0 Å². The van der Waals surface area contributed by atoms with Crippen molar-refractivity contribution < 1.29 is 14.3 Å². The Morgan fingerprint density at radius 2 is 1.55 bits per heavy atom. The third-order valence-electron chi connectivity index (χ3n) is 3.60. The van der Waals surface area contributed by atoms with Gasteiger partial charge in [0.1, 0.15) is 0 Å². The van der Waals surface area contributed by atoms with Gasteiger partial charge in [0, 0.05) is 5.57 Å². The molecule has 0 spiro atoms. The van der Waals surface area contributed by atoms with Crippen LogP contribution in [0.2, 0.25) is 0 Å². The van der Waals surface area contributed by atoms with E-state index in [4.69, 9.17) is 10.6 Å². The highest BCUT2D eigenvalue weighted by atomic mass is 16.5. The molecule has 128 valence electrons. The molecule has 1 unspecified atom stereocenters. The Balaban J connectivity index is 3.83. The minimum Gasteiger partial charge on any atom is -0.449 e. The van der Waals surface area contributed by atoms with Crippen molar-refractivity contribution in [3.63, 3.8) is 0 Å². The lowest BCUT2D eigenvalue weighted by molar-refractivity contribution is -0.152. The molecule has 3 N–H and O–H groups in total. The molecule has 0 aromatic carbocycles. The van der Waals surface area contributed by atoms with E-state index in [1.54, 1.807) is 6.92 Å². The predicted octanol–water partition coefficient (Wildman–Crippen LogP) is 3.39. The SMILES string of the molecule is C=C(C)C(=O)OC(CCCCCCCCCCC)C(=O)NN. The molecule has 5 nitrogen and oxygen atoms in total. The second kappa shape index (κ2) is 13.3. The van der Waals surface area contributed by atoms with Crippen molar-refractivity contribution in [1.29, 1.82) is 0 Å². The van der Waals surface area contributed by atoms with Crippen molar-refractivity contribution in [1.82, 2.24) is 5.43 Å². The minimum atomic E-state index is -0.821. The molecule has 22 heavy (non-hydrogen) atoms. The number of rotatable bonds is 13. The van der Waals surface area contributed by atoms with Crippen LogP contribution in [0.4, 0.5) is 0 Å². The molecule has 0 fully saturated rings. The van der Waals surface area contributed by atoms with Gasteiger partial charge in [-0.2, -0.15) is 0 Å². The summed E-state index contributed by atoms with van der Waals surface area (Å²) in [5.41, 5.74) is 2.32. The largest absolute Gasteiger partial charge is 0.449 e. The number of ether oxygens (including phenoxy) is 1. The molecule has 0 saturated heterocycles. The Kier molecular flexibility index (Phi) is 12.5. The summed E-state index contributed by atoms with van der Waals surface area (Å²) in [6.07, 6.45) is 10.4. The Morgan fingerprint density at radius 3 is 2.00 bits per heavy atom. The first kappa shape index (κ1) is 20.6.